The van der Waals surface area contributed by atoms with E-state index in [0.29, 0.717) is 17.1 Å². The Morgan fingerprint density at radius 1 is 0.623 bits per heavy atom. The minimum Gasteiger partial charge on any atom is -0.503 e. The Balaban J connectivity index is 1.79. The number of aromatic hydroxyl groups is 3. The van der Waals surface area contributed by atoms with Gasteiger partial charge < -0.3 is 50.3 Å². The normalized spacial score (nSPS) is 11.3. The zero-order valence-corrected chi connectivity index (χ0v) is 31.2. The van der Waals surface area contributed by atoms with Crippen molar-refractivity contribution in [1.29, 1.82) is 0 Å². The molecular formula is C37H51N7O9. The molecule has 3 amide bonds. The summed E-state index contributed by atoms with van der Waals surface area (Å²) >= 11 is 0. The average Bonchev–Trinajstić information content (AvgIpc) is 3.11. The van der Waals surface area contributed by atoms with Crippen LogP contribution in [0.1, 0.15) is 72.7 Å². The molecule has 3 rings (SSSR count). The molecule has 0 saturated heterocycles. The molecule has 53 heavy (non-hydrogen) atoms. The number of nitrogens with one attached hydrogen (secondary N) is 4. The summed E-state index contributed by atoms with van der Waals surface area (Å²) in [6, 6.07) is 3.88. The summed E-state index contributed by atoms with van der Waals surface area (Å²) in [5.74, 6) is -2.59. The zero-order chi connectivity index (χ0) is 39.6. The number of carbonyl (C=O) groups is 3. The van der Waals surface area contributed by atoms with Gasteiger partial charge in [-0.2, -0.15) is 0 Å². The molecule has 0 atom stereocenters. The molecule has 0 aromatic carbocycles. The van der Waals surface area contributed by atoms with Gasteiger partial charge in [0.1, 0.15) is 0 Å². The fraction of sp³-hybridized carbons (Fsp3) is 0.459. The molecule has 0 fully saturated rings. The van der Waals surface area contributed by atoms with Gasteiger partial charge in [-0.05, 0) is 40.0 Å². The molecular weight excluding hydrogens is 686 g/mol. The van der Waals surface area contributed by atoms with E-state index in [0.717, 1.165) is 0 Å². The van der Waals surface area contributed by atoms with Gasteiger partial charge in [0, 0.05) is 87.8 Å². The smallest absolute Gasteiger partial charge is 0.223 e. The fourth-order valence-corrected chi connectivity index (χ4v) is 6.01. The van der Waals surface area contributed by atoms with Gasteiger partial charge in [0.2, 0.25) is 34.0 Å². The maximum Gasteiger partial charge on any atom is 0.223 e. The van der Waals surface area contributed by atoms with Crippen molar-refractivity contribution < 1.29 is 29.7 Å². The quantitative estimate of drug-likeness (QED) is 0.0915. The lowest BCUT2D eigenvalue weighted by Gasteiger charge is -2.35. The topological polar surface area (TPSA) is 226 Å². The van der Waals surface area contributed by atoms with E-state index in [-0.39, 0.29) is 81.8 Å². The van der Waals surface area contributed by atoms with Crippen molar-refractivity contribution in [3.63, 3.8) is 0 Å². The average molecular weight is 738 g/mol. The molecule has 0 spiro atoms. The molecule has 0 aliphatic heterocycles. The minimum atomic E-state index is -0.949. The number of nitrogens with zero attached hydrogens (tertiary/aromatic N) is 3. The van der Waals surface area contributed by atoms with Crippen molar-refractivity contribution in [3.05, 3.63) is 95.7 Å². The lowest BCUT2D eigenvalue weighted by Crippen LogP contribution is -2.48. The first kappa shape index (κ1) is 41.8. The first-order valence-electron chi connectivity index (χ1n) is 17.2. The van der Waals surface area contributed by atoms with Crippen molar-refractivity contribution in [2.45, 2.75) is 84.5 Å². The Morgan fingerprint density at radius 2 is 0.906 bits per heavy atom. The van der Waals surface area contributed by atoms with Crippen LogP contribution in [0.25, 0.3) is 0 Å². The number of pyridine rings is 3. The summed E-state index contributed by atoms with van der Waals surface area (Å²) in [5, 5.41) is 42.5. The molecule has 0 saturated carbocycles. The van der Waals surface area contributed by atoms with Gasteiger partial charge >= 0.3 is 0 Å². The van der Waals surface area contributed by atoms with Crippen molar-refractivity contribution in [3.8, 4) is 17.2 Å². The second-order valence-electron chi connectivity index (χ2n) is 13.3. The monoisotopic (exact) mass is 737 g/mol. The van der Waals surface area contributed by atoms with Gasteiger partial charge in [0.15, 0.2) is 17.2 Å². The summed E-state index contributed by atoms with van der Waals surface area (Å²) in [7, 11) is 4.99. The van der Waals surface area contributed by atoms with Crippen molar-refractivity contribution in [2.24, 2.45) is 21.1 Å². The summed E-state index contributed by atoms with van der Waals surface area (Å²) in [6.07, 6.45) is 1.98. The highest BCUT2D eigenvalue weighted by Gasteiger charge is 2.31. The number of aromatic nitrogens is 3. The summed E-state index contributed by atoms with van der Waals surface area (Å²) in [6.45, 7) is 8.82. The van der Waals surface area contributed by atoms with E-state index >= 15 is 0 Å². The SMILES string of the molecule is C=CCNC(CCC(=O)NCc1c(O)c(=O)cc(C)n1C)(CCC(=O)NCc1c(O)c(=O)cc(C)n1C)CCC(=O)NCc1c(O)c(=O)cc(C)n1C. The van der Waals surface area contributed by atoms with Crippen LogP contribution in [0.2, 0.25) is 0 Å². The van der Waals surface area contributed by atoms with Gasteiger partial charge in [-0.15, -0.1) is 6.58 Å². The Morgan fingerprint density at radius 3 is 1.17 bits per heavy atom. The number of hydrogen-bond donors (Lipinski definition) is 7. The summed E-state index contributed by atoms with van der Waals surface area (Å²) in [5.41, 5.74) is -0.125. The molecule has 0 radical (unpaired) electrons. The molecule has 0 aliphatic carbocycles. The Hall–Kier alpha value is -5.64. The number of rotatable bonds is 18. The molecule has 7 N–H and O–H groups in total. The largest absolute Gasteiger partial charge is 0.503 e. The Labute approximate surface area is 307 Å². The van der Waals surface area contributed by atoms with E-state index in [4.69, 9.17) is 0 Å². The van der Waals surface area contributed by atoms with E-state index in [1.807, 2.05) is 0 Å². The van der Waals surface area contributed by atoms with Gasteiger partial charge in [-0.25, -0.2) is 0 Å². The highest BCUT2D eigenvalue weighted by molar-refractivity contribution is 5.77. The summed E-state index contributed by atoms with van der Waals surface area (Å²) in [4.78, 5) is 75.9. The molecule has 0 aliphatic rings. The van der Waals surface area contributed by atoms with Crippen LogP contribution in [-0.2, 0) is 55.2 Å². The van der Waals surface area contributed by atoms with Crippen LogP contribution in [-0.4, -0.2) is 58.8 Å². The summed E-state index contributed by atoms with van der Waals surface area (Å²) < 4.78 is 4.81. The van der Waals surface area contributed by atoms with Gasteiger partial charge in [0.25, 0.3) is 0 Å². The van der Waals surface area contributed by atoms with Crippen LogP contribution in [0, 0.1) is 20.8 Å². The van der Waals surface area contributed by atoms with E-state index in [9.17, 15) is 44.1 Å². The molecule has 3 heterocycles. The molecule has 0 bridgehead atoms. The van der Waals surface area contributed by atoms with Crippen LogP contribution in [0.15, 0.2) is 45.2 Å². The molecule has 16 heteroatoms. The van der Waals surface area contributed by atoms with Crippen LogP contribution in [0.4, 0.5) is 0 Å². The first-order valence-corrected chi connectivity index (χ1v) is 17.2. The van der Waals surface area contributed by atoms with Gasteiger partial charge in [-0.1, -0.05) is 6.08 Å². The highest BCUT2D eigenvalue weighted by atomic mass is 16.3. The first-order chi connectivity index (χ1) is 24.9. The Kier molecular flexibility index (Phi) is 14.4. The third-order valence-corrected chi connectivity index (χ3v) is 9.81. The molecule has 16 nitrogen and oxygen atoms in total. The minimum absolute atomic E-state index is 0.0491. The van der Waals surface area contributed by atoms with Crippen LogP contribution < -0.4 is 37.6 Å². The lowest BCUT2D eigenvalue weighted by molar-refractivity contribution is -0.121. The predicted molar refractivity (Wildman–Crippen MR) is 198 cm³/mol. The number of carbonyl (C=O) groups excluding carboxylic acids is 3. The van der Waals surface area contributed by atoms with Gasteiger partial charge in [0.05, 0.1) is 36.7 Å². The standard InChI is InChI=1S/C37H51N7O9/c1-8-15-41-37(12-9-31(48)38-19-25-34(51)28(45)16-22(2)42(25)5,13-10-32(49)39-20-26-35(52)29(46)17-23(3)43(26)6)14-11-33(50)40-21-27-36(53)30(47)18-24(4)44(27)7/h8,16-18,41,51-53H,1,9-15,19-21H2,2-7H3,(H,38,48)(H,39,49)(H,40,50). The second kappa shape index (κ2) is 18.2. The van der Waals surface area contributed by atoms with Crippen molar-refractivity contribution in [1.82, 2.24) is 35.0 Å². The second-order valence-corrected chi connectivity index (χ2v) is 13.3. The maximum atomic E-state index is 13.2. The highest BCUT2D eigenvalue weighted by Crippen LogP contribution is 2.27. The van der Waals surface area contributed by atoms with E-state index in [2.05, 4.69) is 27.8 Å². The Bertz CT molecular complexity index is 1830. The van der Waals surface area contributed by atoms with Crippen molar-refractivity contribution >= 4 is 17.7 Å². The van der Waals surface area contributed by atoms with Crippen LogP contribution in [0.3, 0.4) is 0 Å². The van der Waals surface area contributed by atoms with Crippen LogP contribution in [0.5, 0.6) is 17.2 Å². The van der Waals surface area contributed by atoms with E-state index in [1.165, 1.54) is 18.2 Å². The molecule has 0 unspecified atom stereocenters. The van der Waals surface area contributed by atoms with Gasteiger partial charge in [-0.3, -0.25) is 28.8 Å². The molecule has 3 aromatic heterocycles. The molecule has 288 valence electrons. The third kappa shape index (κ3) is 10.7. The maximum absolute atomic E-state index is 13.2. The predicted octanol–water partition coefficient (Wildman–Crippen LogP) is 0.929. The number of amides is 3. The van der Waals surface area contributed by atoms with Crippen LogP contribution >= 0.6 is 0 Å². The van der Waals surface area contributed by atoms with E-state index < -0.39 is 56.8 Å². The van der Waals surface area contributed by atoms with E-state index in [1.54, 1.807) is 61.7 Å². The zero-order valence-electron chi connectivity index (χ0n) is 31.2. The molecule has 3 aromatic rings. The fourth-order valence-electron chi connectivity index (χ4n) is 6.01. The third-order valence-electron chi connectivity index (χ3n) is 9.81. The van der Waals surface area contributed by atoms with Crippen molar-refractivity contribution in [2.75, 3.05) is 6.54 Å². The lowest BCUT2D eigenvalue weighted by atomic mass is 9.83. The number of aryl methyl sites for hydroxylation is 3. The number of hydrogen-bond acceptors (Lipinski definition) is 10.